The van der Waals surface area contributed by atoms with Gasteiger partial charge in [-0.2, -0.15) is 0 Å². The quantitative estimate of drug-likeness (QED) is 0.902. The van der Waals surface area contributed by atoms with Crippen molar-refractivity contribution in [3.8, 4) is 5.75 Å². The van der Waals surface area contributed by atoms with Gasteiger partial charge in [-0.3, -0.25) is 9.59 Å². The fourth-order valence-corrected chi connectivity index (χ4v) is 1.78. The van der Waals surface area contributed by atoms with Crippen molar-refractivity contribution in [2.24, 2.45) is 0 Å². The van der Waals surface area contributed by atoms with Crippen LogP contribution in [0, 0.1) is 0 Å². The summed E-state index contributed by atoms with van der Waals surface area (Å²) in [4.78, 5) is 23.9. The third-order valence-electron chi connectivity index (χ3n) is 2.41. The van der Waals surface area contributed by atoms with E-state index in [4.69, 9.17) is 9.84 Å². The van der Waals surface area contributed by atoms with Crippen LogP contribution in [0.15, 0.2) is 22.7 Å². The van der Waals surface area contributed by atoms with Gasteiger partial charge in [-0.05, 0) is 34.1 Å². The number of ether oxygens (including phenoxy) is 1. The van der Waals surface area contributed by atoms with Gasteiger partial charge in [0.25, 0.3) is 5.91 Å². The van der Waals surface area contributed by atoms with Crippen LogP contribution in [0.2, 0.25) is 0 Å². The molecule has 1 amide bonds. The normalized spacial score (nSPS) is 9.94. The van der Waals surface area contributed by atoms with Crippen LogP contribution in [0.25, 0.3) is 0 Å². The molecule has 0 aromatic heterocycles. The topological polar surface area (TPSA) is 66.8 Å². The Morgan fingerprint density at radius 3 is 2.67 bits per heavy atom. The predicted molar refractivity (Wildman–Crippen MR) is 69.9 cm³/mol. The Bertz CT molecular complexity index is 461. The second kappa shape index (κ2) is 6.39. The van der Waals surface area contributed by atoms with E-state index in [9.17, 15) is 9.59 Å². The maximum atomic E-state index is 12.1. The Morgan fingerprint density at radius 1 is 1.44 bits per heavy atom. The molecule has 0 heterocycles. The SMILES string of the molecule is COc1ccc(Br)c(C(=O)N(C)CCC(=O)O)c1. The smallest absolute Gasteiger partial charge is 0.305 e. The average molecular weight is 316 g/mol. The summed E-state index contributed by atoms with van der Waals surface area (Å²) in [6, 6.07) is 5.07. The van der Waals surface area contributed by atoms with E-state index in [0.717, 1.165) is 0 Å². The Morgan fingerprint density at radius 2 is 2.11 bits per heavy atom. The summed E-state index contributed by atoms with van der Waals surface area (Å²) in [5.41, 5.74) is 0.447. The minimum absolute atomic E-state index is 0.0795. The first-order chi connectivity index (χ1) is 8.45. The molecule has 0 radical (unpaired) electrons. The summed E-state index contributed by atoms with van der Waals surface area (Å²) in [6.07, 6.45) is -0.0795. The third kappa shape index (κ3) is 3.73. The lowest BCUT2D eigenvalue weighted by molar-refractivity contribution is -0.137. The summed E-state index contributed by atoms with van der Waals surface area (Å²) in [6.45, 7) is 0.165. The van der Waals surface area contributed by atoms with Crippen molar-refractivity contribution in [1.29, 1.82) is 0 Å². The lowest BCUT2D eigenvalue weighted by atomic mass is 10.2. The molecule has 1 N–H and O–H groups in total. The highest BCUT2D eigenvalue weighted by molar-refractivity contribution is 9.10. The molecule has 0 bridgehead atoms. The van der Waals surface area contributed by atoms with E-state index in [1.165, 1.54) is 12.0 Å². The number of carboxylic acid groups (broad SMARTS) is 1. The van der Waals surface area contributed by atoms with Gasteiger partial charge < -0.3 is 14.7 Å². The molecule has 0 saturated heterocycles. The van der Waals surface area contributed by atoms with Crippen molar-refractivity contribution in [1.82, 2.24) is 4.90 Å². The zero-order valence-corrected chi connectivity index (χ0v) is 11.7. The number of hydrogen-bond acceptors (Lipinski definition) is 3. The summed E-state index contributed by atoms with van der Waals surface area (Å²) >= 11 is 3.29. The van der Waals surface area contributed by atoms with Crippen molar-refractivity contribution in [2.45, 2.75) is 6.42 Å². The van der Waals surface area contributed by atoms with Crippen molar-refractivity contribution >= 4 is 27.8 Å². The van der Waals surface area contributed by atoms with Crippen molar-refractivity contribution in [2.75, 3.05) is 20.7 Å². The van der Waals surface area contributed by atoms with Gasteiger partial charge in [0.05, 0.1) is 19.1 Å². The number of amides is 1. The molecule has 6 heteroatoms. The van der Waals surface area contributed by atoms with E-state index >= 15 is 0 Å². The van der Waals surface area contributed by atoms with Crippen molar-refractivity contribution in [3.63, 3.8) is 0 Å². The number of methoxy groups -OCH3 is 1. The number of carbonyl (C=O) groups excluding carboxylic acids is 1. The molecule has 0 unspecified atom stereocenters. The predicted octanol–water partition coefficient (Wildman–Crippen LogP) is 2.00. The molecule has 1 aromatic rings. The molecular formula is C12H14BrNO4. The first-order valence-electron chi connectivity index (χ1n) is 5.26. The zero-order valence-electron chi connectivity index (χ0n) is 10.1. The lowest BCUT2D eigenvalue weighted by Crippen LogP contribution is -2.29. The van der Waals surface area contributed by atoms with Gasteiger partial charge in [0, 0.05) is 18.1 Å². The van der Waals surface area contributed by atoms with Crippen LogP contribution >= 0.6 is 15.9 Å². The van der Waals surface area contributed by atoms with Gasteiger partial charge >= 0.3 is 5.97 Å². The van der Waals surface area contributed by atoms with E-state index in [1.807, 2.05) is 0 Å². The van der Waals surface area contributed by atoms with Gasteiger partial charge in [-0.25, -0.2) is 0 Å². The molecule has 0 saturated carbocycles. The molecule has 1 rings (SSSR count). The minimum Gasteiger partial charge on any atom is -0.497 e. The molecule has 0 aliphatic carbocycles. The van der Waals surface area contributed by atoms with Crippen LogP contribution in [0.4, 0.5) is 0 Å². The van der Waals surface area contributed by atoms with Crippen molar-refractivity contribution < 1.29 is 19.4 Å². The number of carbonyl (C=O) groups is 2. The van der Waals surface area contributed by atoms with Crippen molar-refractivity contribution in [3.05, 3.63) is 28.2 Å². The van der Waals surface area contributed by atoms with Gasteiger partial charge in [-0.15, -0.1) is 0 Å². The molecule has 0 atom stereocenters. The number of carboxylic acids is 1. The fraction of sp³-hybridized carbons (Fsp3) is 0.333. The van der Waals surface area contributed by atoms with Gasteiger partial charge in [0.15, 0.2) is 0 Å². The molecule has 18 heavy (non-hydrogen) atoms. The Hall–Kier alpha value is -1.56. The first-order valence-corrected chi connectivity index (χ1v) is 6.05. The molecule has 0 aliphatic rings. The maximum absolute atomic E-state index is 12.1. The molecular weight excluding hydrogens is 302 g/mol. The van der Waals surface area contributed by atoms with Crippen LogP contribution in [0.1, 0.15) is 16.8 Å². The molecule has 5 nitrogen and oxygen atoms in total. The van der Waals surface area contributed by atoms with Crippen LogP contribution < -0.4 is 4.74 Å². The third-order valence-corrected chi connectivity index (χ3v) is 3.10. The first kappa shape index (κ1) is 14.5. The molecule has 0 fully saturated rings. The summed E-state index contributed by atoms with van der Waals surface area (Å²) in [5.74, 6) is -0.602. The molecule has 1 aromatic carbocycles. The number of hydrogen-bond donors (Lipinski definition) is 1. The van der Waals surface area contributed by atoms with E-state index in [1.54, 1.807) is 25.2 Å². The van der Waals surface area contributed by atoms with Crippen LogP contribution in [-0.2, 0) is 4.79 Å². The minimum atomic E-state index is -0.931. The van der Waals surface area contributed by atoms with Crippen LogP contribution in [0.3, 0.4) is 0 Å². The Labute approximate surface area is 113 Å². The number of aliphatic carboxylic acids is 1. The monoisotopic (exact) mass is 315 g/mol. The number of nitrogens with zero attached hydrogens (tertiary/aromatic N) is 1. The zero-order chi connectivity index (χ0) is 13.7. The van der Waals surface area contributed by atoms with E-state index in [2.05, 4.69) is 15.9 Å². The highest BCUT2D eigenvalue weighted by atomic mass is 79.9. The molecule has 0 spiro atoms. The largest absolute Gasteiger partial charge is 0.497 e. The van der Waals surface area contributed by atoms with Gasteiger partial charge in [0.2, 0.25) is 0 Å². The average Bonchev–Trinajstić information content (AvgIpc) is 2.35. The van der Waals surface area contributed by atoms with Gasteiger partial charge in [-0.1, -0.05) is 0 Å². The summed E-state index contributed by atoms with van der Waals surface area (Å²) in [5, 5.41) is 8.58. The van der Waals surface area contributed by atoms with Gasteiger partial charge in [0.1, 0.15) is 5.75 Å². The molecule has 0 aliphatic heterocycles. The number of halogens is 1. The number of benzene rings is 1. The summed E-state index contributed by atoms with van der Waals surface area (Å²) in [7, 11) is 3.09. The fourth-order valence-electron chi connectivity index (χ4n) is 1.37. The second-order valence-electron chi connectivity index (χ2n) is 3.72. The van der Waals surface area contributed by atoms with E-state index in [0.29, 0.717) is 15.8 Å². The molecule has 98 valence electrons. The maximum Gasteiger partial charge on any atom is 0.305 e. The van der Waals surface area contributed by atoms with E-state index < -0.39 is 5.97 Å². The highest BCUT2D eigenvalue weighted by Gasteiger charge is 2.16. The summed E-state index contributed by atoms with van der Waals surface area (Å²) < 4.78 is 5.70. The highest BCUT2D eigenvalue weighted by Crippen LogP contribution is 2.23. The number of rotatable bonds is 5. The van der Waals surface area contributed by atoms with Crippen LogP contribution in [0.5, 0.6) is 5.75 Å². The van der Waals surface area contributed by atoms with Crippen LogP contribution in [-0.4, -0.2) is 42.6 Å². The van der Waals surface area contributed by atoms with E-state index in [-0.39, 0.29) is 18.9 Å². The lowest BCUT2D eigenvalue weighted by Gasteiger charge is -2.17. The Kier molecular flexibility index (Phi) is 5.15. The second-order valence-corrected chi connectivity index (χ2v) is 4.57. The standard InChI is InChI=1S/C12H14BrNO4/c1-14(6-5-11(15)16)12(17)9-7-8(18-2)3-4-10(9)13/h3-4,7H,5-6H2,1-2H3,(H,15,16). The Balaban J connectivity index is 2.85.